The topological polar surface area (TPSA) is 15.3 Å². The van der Waals surface area contributed by atoms with Crippen LogP contribution in [-0.4, -0.2) is 25.2 Å². The van der Waals surface area contributed by atoms with Crippen LogP contribution in [0.25, 0.3) is 0 Å². The van der Waals surface area contributed by atoms with E-state index in [0.717, 1.165) is 19.0 Å². The van der Waals surface area contributed by atoms with Gasteiger partial charge in [0.05, 0.1) is 0 Å². The van der Waals surface area contributed by atoms with Crippen LogP contribution in [0.2, 0.25) is 0 Å². The maximum Gasteiger partial charge on any atom is 0.0369 e. The first-order valence-electron chi connectivity index (χ1n) is 8.18. The van der Waals surface area contributed by atoms with E-state index >= 15 is 0 Å². The summed E-state index contributed by atoms with van der Waals surface area (Å²) in [5.74, 6) is 1.49. The molecule has 1 heterocycles. The van der Waals surface area contributed by atoms with E-state index in [1.165, 1.54) is 37.1 Å². The highest BCUT2D eigenvalue weighted by Crippen LogP contribution is 2.41. The smallest absolute Gasteiger partial charge is 0.0369 e. The molecule has 20 heavy (non-hydrogen) atoms. The van der Waals surface area contributed by atoms with Crippen LogP contribution in [-0.2, 0) is 0 Å². The zero-order chi connectivity index (χ0) is 14.2. The minimum absolute atomic E-state index is 0.310. The first-order valence-corrected chi connectivity index (χ1v) is 8.18. The van der Waals surface area contributed by atoms with Gasteiger partial charge in [-0.15, -0.1) is 0 Å². The number of nitrogens with one attached hydrogen (secondary N) is 1. The van der Waals surface area contributed by atoms with Gasteiger partial charge in [-0.25, -0.2) is 0 Å². The summed E-state index contributed by atoms with van der Waals surface area (Å²) in [5, 5.41) is 3.82. The Morgan fingerprint density at radius 3 is 2.80 bits per heavy atom. The summed E-state index contributed by atoms with van der Waals surface area (Å²) in [4.78, 5) is 2.60. The van der Waals surface area contributed by atoms with Crippen molar-refractivity contribution in [3.8, 4) is 0 Å². The molecule has 1 saturated carbocycles. The van der Waals surface area contributed by atoms with Crippen molar-refractivity contribution in [2.24, 2.45) is 5.92 Å². The Morgan fingerprint density at radius 1 is 1.30 bits per heavy atom. The van der Waals surface area contributed by atoms with Crippen LogP contribution in [0.5, 0.6) is 0 Å². The number of hydrogen-bond acceptors (Lipinski definition) is 2. The second kappa shape index (κ2) is 5.40. The predicted octanol–water partition coefficient (Wildman–Crippen LogP) is 3.78. The third-order valence-corrected chi connectivity index (χ3v) is 5.03. The molecule has 110 valence electrons. The standard InChI is InChI=1S/C18H28N2/c1-14(2)15-6-4-7-17(12-15)20-11-5-10-19-18(3,13-20)16-8-9-16/h4,6-7,12,14,16,19H,5,8-11,13H2,1-3H3. The van der Waals surface area contributed by atoms with Crippen LogP contribution >= 0.6 is 0 Å². The van der Waals surface area contributed by atoms with E-state index in [4.69, 9.17) is 0 Å². The number of hydrogen-bond donors (Lipinski definition) is 1. The van der Waals surface area contributed by atoms with E-state index in [9.17, 15) is 0 Å². The van der Waals surface area contributed by atoms with Crippen molar-refractivity contribution < 1.29 is 0 Å². The van der Waals surface area contributed by atoms with Gasteiger partial charge in [0.25, 0.3) is 0 Å². The van der Waals surface area contributed by atoms with Gasteiger partial charge in [0.15, 0.2) is 0 Å². The van der Waals surface area contributed by atoms with Crippen molar-refractivity contribution in [1.82, 2.24) is 5.32 Å². The fraction of sp³-hybridized carbons (Fsp3) is 0.667. The lowest BCUT2D eigenvalue weighted by Gasteiger charge is -2.35. The van der Waals surface area contributed by atoms with Crippen molar-refractivity contribution in [3.05, 3.63) is 29.8 Å². The van der Waals surface area contributed by atoms with Gasteiger partial charge in [0, 0.05) is 24.3 Å². The van der Waals surface area contributed by atoms with Crippen molar-refractivity contribution in [3.63, 3.8) is 0 Å². The summed E-state index contributed by atoms with van der Waals surface area (Å²) < 4.78 is 0. The molecule has 0 amide bonds. The molecule has 1 aliphatic carbocycles. The highest BCUT2D eigenvalue weighted by Gasteiger charge is 2.43. The summed E-state index contributed by atoms with van der Waals surface area (Å²) in [6, 6.07) is 9.15. The van der Waals surface area contributed by atoms with Gasteiger partial charge in [0.2, 0.25) is 0 Å². The highest BCUT2D eigenvalue weighted by atomic mass is 15.2. The van der Waals surface area contributed by atoms with E-state index in [1.807, 2.05) is 0 Å². The molecule has 2 nitrogen and oxygen atoms in total. The molecule has 1 aromatic carbocycles. The van der Waals surface area contributed by atoms with Gasteiger partial charge in [-0.05, 0) is 62.3 Å². The fourth-order valence-electron chi connectivity index (χ4n) is 3.47. The largest absolute Gasteiger partial charge is 0.370 e. The molecule has 0 aromatic heterocycles. The van der Waals surface area contributed by atoms with Crippen LogP contribution in [0.15, 0.2) is 24.3 Å². The number of nitrogens with zero attached hydrogens (tertiary/aromatic N) is 1. The van der Waals surface area contributed by atoms with E-state index in [1.54, 1.807) is 0 Å². The van der Waals surface area contributed by atoms with Gasteiger partial charge in [-0.2, -0.15) is 0 Å². The summed E-state index contributed by atoms with van der Waals surface area (Å²) in [5.41, 5.74) is 3.17. The first-order chi connectivity index (χ1) is 9.58. The molecule has 1 aromatic rings. The average molecular weight is 272 g/mol. The van der Waals surface area contributed by atoms with Crippen LogP contribution < -0.4 is 10.2 Å². The Hall–Kier alpha value is -1.02. The van der Waals surface area contributed by atoms with Gasteiger partial charge in [-0.3, -0.25) is 0 Å². The summed E-state index contributed by atoms with van der Waals surface area (Å²) in [6.45, 7) is 10.5. The summed E-state index contributed by atoms with van der Waals surface area (Å²) in [6.07, 6.45) is 4.06. The molecule has 2 heteroatoms. The predicted molar refractivity (Wildman–Crippen MR) is 86.5 cm³/mol. The maximum atomic E-state index is 3.82. The summed E-state index contributed by atoms with van der Waals surface area (Å²) in [7, 11) is 0. The molecule has 2 fully saturated rings. The molecule has 2 aliphatic rings. The average Bonchev–Trinajstić information content (AvgIpc) is 3.26. The van der Waals surface area contributed by atoms with Crippen LogP contribution in [0, 0.1) is 5.92 Å². The Morgan fingerprint density at radius 2 is 2.10 bits per heavy atom. The normalized spacial score (nSPS) is 27.7. The van der Waals surface area contributed by atoms with Gasteiger partial charge < -0.3 is 10.2 Å². The lowest BCUT2D eigenvalue weighted by molar-refractivity contribution is 0.331. The Bertz CT molecular complexity index is 464. The number of rotatable bonds is 3. The molecular weight excluding hydrogens is 244 g/mol. The minimum Gasteiger partial charge on any atom is -0.370 e. The zero-order valence-corrected chi connectivity index (χ0v) is 13.2. The summed E-state index contributed by atoms with van der Waals surface area (Å²) >= 11 is 0. The minimum atomic E-state index is 0.310. The number of benzene rings is 1. The van der Waals surface area contributed by atoms with Crippen molar-refractivity contribution in [2.45, 2.75) is 51.5 Å². The highest BCUT2D eigenvalue weighted by molar-refractivity contribution is 5.50. The molecule has 1 saturated heterocycles. The molecule has 0 radical (unpaired) electrons. The zero-order valence-electron chi connectivity index (χ0n) is 13.2. The van der Waals surface area contributed by atoms with E-state index < -0.39 is 0 Å². The van der Waals surface area contributed by atoms with E-state index in [0.29, 0.717) is 11.5 Å². The number of anilines is 1. The van der Waals surface area contributed by atoms with Gasteiger partial charge in [0.1, 0.15) is 0 Å². The SMILES string of the molecule is CC(C)c1cccc(N2CCCNC(C)(C3CC3)C2)c1. The maximum absolute atomic E-state index is 3.82. The third-order valence-electron chi connectivity index (χ3n) is 5.03. The molecule has 1 unspecified atom stereocenters. The van der Waals surface area contributed by atoms with Crippen LogP contribution in [0.4, 0.5) is 5.69 Å². The molecule has 1 N–H and O–H groups in total. The Labute approximate surface area is 123 Å². The van der Waals surface area contributed by atoms with E-state index in [2.05, 4.69) is 55.3 Å². The van der Waals surface area contributed by atoms with Crippen molar-refractivity contribution in [1.29, 1.82) is 0 Å². The molecule has 0 spiro atoms. The molecule has 1 atom stereocenters. The second-order valence-corrected chi connectivity index (χ2v) is 7.14. The quantitative estimate of drug-likeness (QED) is 0.901. The van der Waals surface area contributed by atoms with E-state index in [-0.39, 0.29) is 0 Å². The monoisotopic (exact) mass is 272 g/mol. The lowest BCUT2D eigenvalue weighted by atomic mass is 9.95. The molecule has 3 rings (SSSR count). The Balaban J connectivity index is 1.82. The second-order valence-electron chi connectivity index (χ2n) is 7.14. The van der Waals surface area contributed by atoms with Gasteiger partial charge >= 0.3 is 0 Å². The van der Waals surface area contributed by atoms with Crippen LogP contribution in [0.1, 0.15) is 51.5 Å². The van der Waals surface area contributed by atoms with Crippen molar-refractivity contribution >= 4 is 5.69 Å². The fourth-order valence-corrected chi connectivity index (χ4v) is 3.47. The van der Waals surface area contributed by atoms with Gasteiger partial charge in [-0.1, -0.05) is 26.0 Å². The van der Waals surface area contributed by atoms with Crippen molar-refractivity contribution in [2.75, 3.05) is 24.5 Å². The first kappa shape index (κ1) is 13.9. The molecular formula is C18H28N2. The lowest BCUT2D eigenvalue weighted by Crippen LogP contribution is -2.51. The third kappa shape index (κ3) is 2.85. The molecule has 1 aliphatic heterocycles. The van der Waals surface area contributed by atoms with Crippen LogP contribution in [0.3, 0.4) is 0 Å². The molecule has 0 bridgehead atoms. The Kier molecular flexibility index (Phi) is 3.76.